The predicted molar refractivity (Wildman–Crippen MR) is 226 cm³/mol. The van der Waals surface area contributed by atoms with Gasteiger partial charge in [-0.25, -0.2) is 9.59 Å². The van der Waals surface area contributed by atoms with Gasteiger partial charge in [-0.2, -0.15) is 0 Å². The normalized spacial score (nSPS) is 28.7. The third kappa shape index (κ3) is 9.43. The molecule has 2 fully saturated rings. The van der Waals surface area contributed by atoms with Gasteiger partial charge >= 0.3 is 12.1 Å². The molecule has 0 radical (unpaired) electrons. The molecule has 7 rings (SSSR count). The molecule has 2 aliphatic heterocycles. The van der Waals surface area contributed by atoms with Crippen LogP contribution >= 0.6 is 0 Å². The Morgan fingerprint density at radius 3 is 2.27 bits per heavy atom. The molecule has 21 heteroatoms. The van der Waals surface area contributed by atoms with Gasteiger partial charge in [0.25, 0.3) is 0 Å². The van der Waals surface area contributed by atoms with Gasteiger partial charge in [0, 0.05) is 41.6 Å². The monoisotopic (exact) mass is 932 g/mol. The Hall–Kier alpha value is -6.48. The molecule has 11 atom stereocenters. The molecule has 0 unspecified atom stereocenters. The maximum Gasteiger partial charge on any atom is 0.407 e. The first-order valence-corrected chi connectivity index (χ1v) is 21.0. The number of aliphatic hydroxyl groups excluding tert-OH is 4. The number of phenols is 2. The number of carbonyl (C=O) groups excluding carboxylic acids is 6. The van der Waals surface area contributed by atoms with E-state index < -0.39 is 151 Å². The second-order valence-electron chi connectivity index (χ2n) is 16.6. The Bertz CT molecular complexity index is 2520. The summed E-state index contributed by atoms with van der Waals surface area (Å²) in [6.45, 7) is 1.90. The molecule has 9 N–H and O–H groups in total. The van der Waals surface area contributed by atoms with Crippen LogP contribution in [0.3, 0.4) is 0 Å². The van der Waals surface area contributed by atoms with Crippen LogP contribution < -0.4 is 15.4 Å². The third-order valence-electron chi connectivity index (χ3n) is 12.3. The molecule has 67 heavy (non-hydrogen) atoms. The minimum Gasteiger partial charge on any atom is -0.507 e. The van der Waals surface area contributed by atoms with Gasteiger partial charge < -0.3 is 74.8 Å². The molecular formula is C46H48N2O19. The van der Waals surface area contributed by atoms with Crippen LogP contribution in [0.15, 0.2) is 42.5 Å². The summed E-state index contributed by atoms with van der Waals surface area (Å²) in [5, 5.41) is 82.0. The fourth-order valence-corrected chi connectivity index (χ4v) is 8.70. The van der Waals surface area contributed by atoms with E-state index >= 15 is 0 Å². The van der Waals surface area contributed by atoms with Gasteiger partial charge in [-0.1, -0.05) is 30.2 Å². The van der Waals surface area contributed by atoms with Crippen LogP contribution in [0, 0.1) is 12.3 Å². The lowest BCUT2D eigenvalue weighted by Gasteiger charge is -2.42. The third-order valence-corrected chi connectivity index (χ3v) is 12.3. The first-order chi connectivity index (χ1) is 31.8. The van der Waals surface area contributed by atoms with Gasteiger partial charge in [0.15, 0.2) is 30.6 Å². The number of terminal acetylenes is 1. The number of carbonyl (C=O) groups is 6. The lowest BCUT2D eigenvalue weighted by molar-refractivity contribution is -0.249. The van der Waals surface area contributed by atoms with Crippen LogP contribution in [-0.2, 0) is 51.1 Å². The van der Waals surface area contributed by atoms with Crippen LogP contribution in [0.25, 0.3) is 0 Å². The average molecular weight is 933 g/mol. The van der Waals surface area contributed by atoms with E-state index in [1.54, 1.807) is 0 Å². The number of anilines is 1. The van der Waals surface area contributed by atoms with E-state index in [-0.39, 0.29) is 46.7 Å². The van der Waals surface area contributed by atoms with Crippen LogP contribution in [0.2, 0.25) is 0 Å². The highest BCUT2D eigenvalue weighted by Crippen LogP contribution is 2.52. The van der Waals surface area contributed by atoms with E-state index in [9.17, 15) is 64.5 Å². The van der Waals surface area contributed by atoms with Crippen LogP contribution in [0.5, 0.6) is 17.2 Å². The van der Waals surface area contributed by atoms with Crippen molar-refractivity contribution in [3.05, 3.63) is 81.4 Å². The van der Waals surface area contributed by atoms with Crippen molar-refractivity contribution in [3.63, 3.8) is 0 Å². The highest BCUT2D eigenvalue weighted by molar-refractivity contribution is 6.31. The second-order valence-corrected chi connectivity index (χ2v) is 16.6. The van der Waals surface area contributed by atoms with Crippen LogP contribution in [0.1, 0.15) is 87.7 Å². The van der Waals surface area contributed by atoms with Gasteiger partial charge in [-0.05, 0) is 37.6 Å². The number of aromatic hydroxyl groups is 2. The molecule has 356 valence electrons. The first kappa shape index (κ1) is 48.5. The maximum absolute atomic E-state index is 14.0. The summed E-state index contributed by atoms with van der Waals surface area (Å²) in [7, 11) is 1.30. The number of methoxy groups -OCH3 is 1. The minimum absolute atomic E-state index is 0.0486. The molecule has 4 aliphatic rings. The van der Waals surface area contributed by atoms with E-state index in [0.29, 0.717) is 5.56 Å². The molecule has 3 aromatic carbocycles. The summed E-state index contributed by atoms with van der Waals surface area (Å²) < 4.78 is 33.0. The summed E-state index contributed by atoms with van der Waals surface area (Å²) in [5.41, 5.74) is -3.08. The molecule has 2 amide bonds. The number of amides is 2. The van der Waals surface area contributed by atoms with Gasteiger partial charge in [0.2, 0.25) is 11.7 Å². The van der Waals surface area contributed by atoms with Crippen molar-refractivity contribution in [3.8, 4) is 29.6 Å². The van der Waals surface area contributed by atoms with Crippen molar-refractivity contribution in [2.45, 2.75) is 113 Å². The number of rotatable bonds is 12. The Balaban J connectivity index is 0.994. The Morgan fingerprint density at radius 2 is 1.60 bits per heavy atom. The molecule has 0 spiro atoms. The summed E-state index contributed by atoms with van der Waals surface area (Å²) in [6, 6.07) is 9.23. The molecule has 0 aromatic heterocycles. The maximum atomic E-state index is 14.0. The number of fused-ring (bicyclic) bond motifs is 3. The molecule has 0 saturated carbocycles. The number of hydrogen-bond donors (Lipinski definition) is 9. The van der Waals surface area contributed by atoms with E-state index in [2.05, 4.69) is 16.6 Å². The van der Waals surface area contributed by atoms with Crippen molar-refractivity contribution in [1.82, 2.24) is 5.32 Å². The van der Waals surface area contributed by atoms with Gasteiger partial charge in [-0.3, -0.25) is 19.2 Å². The number of benzene rings is 3. The second kappa shape index (κ2) is 19.4. The van der Waals surface area contributed by atoms with Gasteiger partial charge in [0.05, 0.1) is 54.6 Å². The summed E-state index contributed by atoms with van der Waals surface area (Å²) in [5.74, 6) is -3.46. The highest BCUT2D eigenvalue weighted by atomic mass is 16.7. The van der Waals surface area contributed by atoms with Crippen molar-refractivity contribution in [2.24, 2.45) is 0 Å². The van der Waals surface area contributed by atoms with Gasteiger partial charge in [0.1, 0.15) is 53.9 Å². The van der Waals surface area contributed by atoms with E-state index in [1.165, 1.54) is 56.5 Å². The zero-order valence-electron chi connectivity index (χ0n) is 36.2. The number of ether oxygens (including phenoxy) is 6. The summed E-state index contributed by atoms with van der Waals surface area (Å²) >= 11 is 0. The lowest BCUT2D eigenvalue weighted by atomic mass is 9.72. The van der Waals surface area contributed by atoms with Gasteiger partial charge in [-0.15, -0.1) is 6.42 Å². The number of hydrogen-bond acceptors (Lipinski definition) is 19. The number of Topliss-reactive ketones (excluding diaryl/α,β-unsaturated/α-hetero) is 1. The Morgan fingerprint density at radius 1 is 0.896 bits per heavy atom. The Kier molecular flexibility index (Phi) is 14.0. The van der Waals surface area contributed by atoms with E-state index in [4.69, 9.17) is 34.8 Å². The molecule has 2 heterocycles. The zero-order valence-corrected chi connectivity index (χ0v) is 36.2. The molecule has 0 bridgehead atoms. The molecule has 2 saturated heterocycles. The predicted octanol–water partition coefficient (Wildman–Crippen LogP) is 0.352. The smallest absolute Gasteiger partial charge is 0.407 e. The number of phenolic OH excluding ortho intramolecular Hbond substituents is 2. The molecule has 21 nitrogen and oxygen atoms in total. The molecule has 2 aliphatic carbocycles. The number of nitrogens with one attached hydrogen (secondary N) is 2. The van der Waals surface area contributed by atoms with E-state index in [0.717, 1.165) is 6.92 Å². The fraction of sp³-hybridized carbons (Fsp3) is 0.435. The van der Waals surface area contributed by atoms with Crippen molar-refractivity contribution < 1.29 is 92.9 Å². The summed E-state index contributed by atoms with van der Waals surface area (Å²) in [6.07, 6.45) is -11.2. The Labute approximate surface area is 381 Å². The van der Waals surface area contributed by atoms with Crippen LogP contribution in [0.4, 0.5) is 10.5 Å². The largest absolute Gasteiger partial charge is 0.507 e. The van der Waals surface area contributed by atoms with Crippen molar-refractivity contribution in [2.75, 3.05) is 19.0 Å². The van der Waals surface area contributed by atoms with Crippen molar-refractivity contribution >= 4 is 41.0 Å². The quantitative estimate of drug-likeness (QED) is 0.0526. The highest BCUT2D eigenvalue weighted by Gasteiger charge is 2.51. The fourth-order valence-electron chi connectivity index (χ4n) is 8.70. The first-order valence-electron chi connectivity index (χ1n) is 21.0. The van der Waals surface area contributed by atoms with Crippen molar-refractivity contribution in [1.29, 1.82) is 0 Å². The number of esters is 1. The number of ketones is 3. The lowest BCUT2D eigenvalue weighted by Crippen LogP contribution is -2.60. The van der Waals surface area contributed by atoms with E-state index in [1.807, 2.05) is 0 Å². The molecule has 3 aromatic rings. The van der Waals surface area contributed by atoms with Crippen LogP contribution in [-0.4, -0.2) is 145 Å². The average Bonchev–Trinajstić information content (AvgIpc) is 3.29. The minimum atomic E-state index is -2.17. The molecular weight excluding hydrogens is 885 g/mol. The number of alkyl carbamates (subject to hydrolysis) is 1. The topological polar surface area (TPSA) is 323 Å². The number of aliphatic hydroxyl groups is 5. The zero-order chi connectivity index (χ0) is 48.6. The summed E-state index contributed by atoms with van der Waals surface area (Å²) in [4.78, 5) is 78.8. The standard InChI is InChI=1S/C46H48N2O19/c1-5-13-63-44(59)43-42(58)41(57)38(54)27(67-43)15-29(50)47-22-11-9-21(10-12-22)18-64-45(60)48-25-14-30(65-19(2)35(25)51)66-28-17-46(61,20(3)49)16-24-32(28)40(56)34-33(37(24)53)36(52)23-7-6-8-26(62-4)31(23)39(34)55/h1,6-12,19,25,27-28,30,35,38,41-43,51,53-54,56-58,61H,13-18H2,2-4H3,(H,47,50)(H,48,60)/t19-,25-,27-,28-,30-,35+,38-,41+,42-,43-,46-/m0/s1. The SMILES string of the molecule is C#CCOC(=O)[C@H]1O[C@@H](CC(=O)Nc2ccc(COC(=O)N[C@H]3C[C@H](O[C@H]4C[C@](O)(C(C)=O)Cc5c(O)c6c(c(O)c54)C(=O)c4c(OC)cccc4C6=O)O[C@@H](C)[C@H]3O)cc2)[C@H](O)[C@@H](O)[C@@H]1O.